The second kappa shape index (κ2) is 13.1. The number of anilines is 1. The lowest BCUT2D eigenvalue weighted by molar-refractivity contribution is -0.139. The molecule has 0 heterocycles. The molecule has 1 atom stereocenters. The highest BCUT2D eigenvalue weighted by molar-refractivity contribution is 7.92. The highest BCUT2D eigenvalue weighted by atomic mass is 35.5. The van der Waals surface area contributed by atoms with Crippen LogP contribution in [0.25, 0.3) is 0 Å². The van der Waals surface area contributed by atoms with Crippen LogP contribution in [-0.2, 0) is 26.2 Å². The number of benzene rings is 3. The zero-order chi connectivity index (χ0) is 28.7. The molecule has 9 heteroatoms. The maximum absolute atomic E-state index is 14.0. The number of nitrogens with one attached hydrogen (secondary N) is 1. The number of hydrogen-bond donors (Lipinski definition) is 1. The Morgan fingerprint density at radius 3 is 2.23 bits per heavy atom. The number of amides is 2. The number of carbonyl (C=O) groups excluding carboxylic acids is 2. The fraction of sp³-hybridized carbons (Fsp3) is 0.333. The van der Waals surface area contributed by atoms with Crippen molar-refractivity contribution in [2.24, 2.45) is 5.92 Å². The third-order valence-electron chi connectivity index (χ3n) is 6.32. The smallest absolute Gasteiger partial charge is 0.264 e. The van der Waals surface area contributed by atoms with Crippen molar-refractivity contribution in [3.63, 3.8) is 0 Å². The molecule has 0 saturated heterocycles. The van der Waals surface area contributed by atoms with Crippen LogP contribution in [0.2, 0.25) is 5.02 Å². The molecule has 1 N–H and O–H groups in total. The van der Waals surface area contributed by atoms with E-state index in [0.717, 1.165) is 15.4 Å². The molecule has 0 spiro atoms. The normalized spacial score (nSPS) is 12.2. The molecular formula is C30H36ClN3O4S. The van der Waals surface area contributed by atoms with Crippen LogP contribution in [0.15, 0.2) is 77.7 Å². The van der Waals surface area contributed by atoms with E-state index in [9.17, 15) is 18.0 Å². The summed E-state index contributed by atoms with van der Waals surface area (Å²) >= 11 is 6.15. The lowest BCUT2D eigenvalue weighted by atomic mass is 10.1. The number of hydrogen-bond acceptors (Lipinski definition) is 4. The number of nitrogens with zero attached hydrogens (tertiary/aromatic N) is 2. The Morgan fingerprint density at radius 2 is 1.62 bits per heavy atom. The van der Waals surface area contributed by atoms with E-state index in [0.29, 0.717) is 22.8 Å². The Balaban J connectivity index is 2.03. The number of rotatable bonds is 11. The minimum Gasteiger partial charge on any atom is -0.354 e. The molecule has 0 unspecified atom stereocenters. The quantitative estimate of drug-likeness (QED) is 0.338. The summed E-state index contributed by atoms with van der Waals surface area (Å²) in [6.07, 6.45) is 0. The van der Waals surface area contributed by atoms with Gasteiger partial charge in [-0.1, -0.05) is 73.5 Å². The minimum absolute atomic E-state index is 0.0557. The number of sulfonamides is 1. The van der Waals surface area contributed by atoms with Crippen molar-refractivity contribution >= 4 is 39.1 Å². The van der Waals surface area contributed by atoms with Crippen LogP contribution >= 0.6 is 11.6 Å². The molecule has 0 saturated carbocycles. The maximum atomic E-state index is 14.0. The van der Waals surface area contributed by atoms with E-state index in [1.54, 1.807) is 50.2 Å². The van der Waals surface area contributed by atoms with E-state index in [4.69, 9.17) is 11.6 Å². The summed E-state index contributed by atoms with van der Waals surface area (Å²) in [6, 6.07) is 19.6. The van der Waals surface area contributed by atoms with Crippen LogP contribution in [0.5, 0.6) is 0 Å². The monoisotopic (exact) mass is 569 g/mol. The molecule has 0 fully saturated rings. The minimum atomic E-state index is -4.12. The Hall–Kier alpha value is -3.36. The van der Waals surface area contributed by atoms with Crippen LogP contribution in [0.3, 0.4) is 0 Å². The van der Waals surface area contributed by atoms with E-state index in [1.807, 2.05) is 45.0 Å². The molecule has 208 valence electrons. The molecule has 3 aromatic carbocycles. The second-order valence-electron chi connectivity index (χ2n) is 10.1. The standard InChI is InChI=1S/C30H36ClN3O4S/c1-21(2)18-32-30(36)24(5)33(19-25-11-9-10-22(3)16-25)29(35)20-34(28-15-14-26(31)17-23(28)4)39(37,38)27-12-7-6-8-13-27/h6-17,21,24H,18-20H2,1-5H3,(H,32,36)/t24-/m1/s1. The highest BCUT2D eigenvalue weighted by Gasteiger charge is 2.33. The van der Waals surface area contributed by atoms with Gasteiger partial charge in [0.1, 0.15) is 12.6 Å². The molecule has 0 aliphatic heterocycles. The van der Waals surface area contributed by atoms with Gasteiger partial charge in [-0.2, -0.15) is 0 Å². The lowest BCUT2D eigenvalue weighted by Crippen LogP contribution is -2.51. The van der Waals surface area contributed by atoms with Gasteiger partial charge in [0, 0.05) is 18.1 Å². The highest BCUT2D eigenvalue weighted by Crippen LogP contribution is 2.29. The first-order chi connectivity index (χ1) is 18.4. The van der Waals surface area contributed by atoms with Gasteiger partial charge in [-0.25, -0.2) is 8.42 Å². The van der Waals surface area contributed by atoms with Gasteiger partial charge in [-0.05, 0) is 68.1 Å². The van der Waals surface area contributed by atoms with Crippen molar-refractivity contribution in [2.75, 3.05) is 17.4 Å². The van der Waals surface area contributed by atoms with Gasteiger partial charge in [0.2, 0.25) is 11.8 Å². The number of aryl methyl sites for hydroxylation is 2. The van der Waals surface area contributed by atoms with Gasteiger partial charge in [0.05, 0.1) is 10.6 Å². The van der Waals surface area contributed by atoms with Crippen molar-refractivity contribution in [1.82, 2.24) is 10.2 Å². The van der Waals surface area contributed by atoms with Crippen molar-refractivity contribution in [2.45, 2.75) is 52.1 Å². The van der Waals surface area contributed by atoms with Gasteiger partial charge < -0.3 is 10.2 Å². The first-order valence-corrected chi connectivity index (χ1v) is 14.7. The molecule has 0 aliphatic carbocycles. The molecule has 2 amide bonds. The molecule has 39 heavy (non-hydrogen) atoms. The third kappa shape index (κ3) is 7.83. The van der Waals surface area contributed by atoms with Gasteiger partial charge >= 0.3 is 0 Å². The molecule has 3 rings (SSSR count). The van der Waals surface area contributed by atoms with Gasteiger partial charge in [0.25, 0.3) is 10.0 Å². The average molecular weight is 570 g/mol. The van der Waals surface area contributed by atoms with Crippen molar-refractivity contribution < 1.29 is 18.0 Å². The second-order valence-corrected chi connectivity index (χ2v) is 12.4. The van der Waals surface area contributed by atoms with Crippen molar-refractivity contribution in [1.29, 1.82) is 0 Å². The Morgan fingerprint density at radius 1 is 0.923 bits per heavy atom. The molecule has 3 aromatic rings. The van der Waals surface area contributed by atoms with E-state index < -0.39 is 28.5 Å². The summed E-state index contributed by atoms with van der Waals surface area (Å²) in [5.41, 5.74) is 2.79. The number of halogens is 1. The summed E-state index contributed by atoms with van der Waals surface area (Å²) in [4.78, 5) is 28.5. The van der Waals surface area contributed by atoms with Crippen LogP contribution in [0, 0.1) is 19.8 Å². The van der Waals surface area contributed by atoms with Crippen molar-refractivity contribution in [3.8, 4) is 0 Å². The first-order valence-electron chi connectivity index (χ1n) is 12.9. The largest absolute Gasteiger partial charge is 0.354 e. The van der Waals surface area contributed by atoms with Crippen LogP contribution in [-0.4, -0.2) is 44.3 Å². The van der Waals surface area contributed by atoms with Crippen LogP contribution in [0.1, 0.15) is 37.5 Å². The van der Waals surface area contributed by atoms with Crippen LogP contribution < -0.4 is 9.62 Å². The lowest BCUT2D eigenvalue weighted by Gasteiger charge is -2.32. The summed E-state index contributed by atoms with van der Waals surface area (Å²) < 4.78 is 28.8. The summed E-state index contributed by atoms with van der Waals surface area (Å²) in [5.74, 6) is -0.566. The van der Waals surface area contributed by atoms with E-state index in [2.05, 4.69) is 5.32 Å². The number of carbonyl (C=O) groups is 2. The van der Waals surface area contributed by atoms with Gasteiger partial charge in [0.15, 0.2) is 0 Å². The molecule has 7 nitrogen and oxygen atoms in total. The third-order valence-corrected chi connectivity index (χ3v) is 8.33. The molecule has 0 radical (unpaired) electrons. The SMILES string of the molecule is Cc1cccc(CN(C(=O)CN(c2ccc(Cl)cc2C)S(=O)(=O)c2ccccc2)[C@H](C)C(=O)NCC(C)C)c1. The Kier molecular flexibility index (Phi) is 10.2. The average Bonchev–Trinajstić information content (AvgIpc) is 2.89. The molecule has 0 bridgehead atoms. The predicted molar refractivity (Wildman–Crippen MR) is 156 cm³/mol. The summed E-state index contributed by atoms with van der Waals surface area (Å²) in [6.45, 7) is 9.45. The Labute approximate surface area is 236 Å². The molecular weight excluding hydrogens is 534 g/mol. The van der Waals surface area contributed by atoms with Crippen molar-refractivity contribution in [3.05, 3.63) is 94.5 Å². The van der Waals surface area contributed by atoms with E-state index in [-0.39, 0.29) is 23.3 Å². The topological polar surface area (TPSA) is 86.8 Å². The van der Waals surface area contributed by atoms with Gasteiger partial charge in [-0.15, -0.1) is 0 Å². The zero-order valence-electron chi connectivity index (χ0n) is 23.0. The summed E-state index contributed by atoms with van der Waals surface area (Å²) in [7, 11) is -4.12. The van der Waals surface area contributed by atoms with E-state index in [1.165, 1.54) is 17.0 Å². The van der Waals surface area contributed by atoms with Crippen LogP contribution in [0.4, 0.5) is 5.69 Å². The van der Waals surface area contributed by atoms with E-state index >= 15 is 0 Å². The molecule has 0 aliphatic rings. The van der Waals surface area contributed by atoms with Gasteiger partial charge in [-0.3, -0.25) is 13.9 Å². The maximum Gasteiger partial charge on any atom is 0.264 e. The zero-order valence-corrected chi connectivity index (χ0v) is 24.6. The first kappa shape index (κ1) is 30.2. The fourth-order valence-corrected chi connectivity index (χ4v) is 5.90. The predicted octanol–water partition coefficient (Wildman–Crippen LogP) is 5.34. The molecule has 0 aromatic heterocycles. The Bertz CT molecular complexity index is 1410. The summed E-state index contributed by atoms with van der Waals surface area (Å²) in [5, 5.41) is 3.35. The fourth-order valence-electron chi connectivity index (χ4n) is 4.17.